The van der Waals surface area contributed by atoms with Crippen molar-refractivity contribution in [2.24, 2.45) is 0 Å². The molecular formula is C13H14N4O2. The van der Waals surface area contributed by atoms with Crippen LogP contribution < -0.4 is 4.74 Å². The van der Waals surface area contributed by atoms with Crippen LogP contribution in [0.25, 0.3) is 0 Å². The summed E-state index contributed by atoms with van der Waals surface area (Å²) in [6.07, 6.45) is 0. The summed E-state index contributed by atoms with van der Waals surface area (Å²) in [6.45, 7) is 2.42. The standard InChI is InChI=1S/C13H14N4O2/c1-10-2-4-11(5-3-10)19-9-13-12(8-14)15-16-17(13)6-7-18/h2-5,18H,6-7,9H2,1H3. The number of aliphatic hydroxyl groups excluding tert-OH is 1. The molecular weight excluding hydrogens is 244 g/mol. The first-order chi connectivity index (χ1) is 9.24. The van der Waals surface area contributed by atoms with Gasteiger partial charge in [-0.05, 0) is 19.1 Å². The molecule has 6 heteroatoms. The van der Waals surface area contributed by atoms with Crippen LogP contribution in [-0.4, -0.2) is 26.7 Å². The first-order valence-corrected chi connectivity index (χ1v) is 5.87. The summed E-state index contributed by atoms with van der Waals surface area (Å²) < 4.78 is 7.08. The number of aryl methyl sites for hydroxylation is 1. The van der Waals surface area contributed by atoms with Crippen molar-refractivity contribution in [2.45, 2.75) is 20.1 Å². The summed E-state index contributed by atoms with van der Waals surface area (Å²) in [4.78, 5) is 0. The average Bonchev–Trinajstić information content (AvgIpc) is 2.81. The van der Waals surface area contributed by atoms with Gasteiger partial charge in [-0.3, -0.25) is 0 Å². The maximum Gasteiger partial charge on any atom is 0.189 e. The number of hydrogen-bond acceptors (Lipinski definition) is 5. The Labute approximate surface area is 110 Å². The highest BCUT2D eigenvalue weighted by molar-refractivity contribution is 5.28. The Morgan fingerprint density at radius 3 is 2.74 bits per heavy atom. The molecule has 2 aromatic rings. The first kappa shape index (κ1) is 13.1. The van der Waals surface area contributed by atoms with Crippen molar-refractivity contribution in [3.63, 3.8) is 0 Å². The number of rotatable bonds is 5. The van der Waals surface area contributed by atoms with Crippen LogP contribution in [0.15, 0.2) is 24.3 Å². The van der Waals surface area contributed by atoms with E-state index in [2.05, 4.69) is 10.3 Å². The number of hydrogen-bond donors (Lipinski definition) is 1. The topological polar surface area (TPSA) is 84.0 Å². The average molecular weight is 258 g/mol. The maximum atomic E-state index is 8.95. The van der Waals surface area contributed by atoms with Crippen LogP contribution in [0.5, 0.6) is 5.75 Å². The lowest BCUT2D eigenvalue weighted by Gasteiger charge is -2.08. The van der Waals surface area contributed by atoms with E-state index in [0.717, 1.165) is 5.56 Å². The van der Waals surface area contributed by atoms with Gasteiger partial charge in [-0.2, -0.15) is 5.26 Å². The number of nitriles is 1. The summed E-state index contributed by atoms with van der Waals surface area (Å²) in [5.41, 5.74) is 1.94. The van der Waals surface area contributed by atoms with Crippen molar-refractivity contribution < 1.29 is 9.84 Å². The lowest BCUT2D eigenvalue weighted by atomic mass is 10.2. The first-order valence-electron chi connectivity index (χ1n) is 5.87. The second kappa shape index (κ2) is 5.98. The summed E-state index contributed by atoms with van der Waals surface area (Å²) >= 11 is 0. The molecule has 1 heterocycles. The maximum absolute atomic E-state index is 8.95. The van der Waals surface area contributed by atoms with Gasteiger partial charge in [-0.25, -0.2) is 4.68 Å². The Kier molecular flexibility index (Phi) is 4.11. The van der Waals surface area contributed by atoms with E-state index >= 15 is 0 Å². The Balaban J connectivity index is 2.12. The third-order valence-electron chi connectivity index (χ3n) is 2.65. The number of nitrogens with zero attached hydrogens (tertiary/aromatic N) is 4. The fourth-order valence-electron chi connectivity index (χ4n) is 1.62. The van der Waals surface area contributed by atoms with Gasteiger partial charge in [-0.15, -0.1) is 5.10 Å². The van der Waals surface area contributed by atoms with E-state index in [1.807, 2.05) is 37.3 Å². The van der Waals surface area contributed by atoms with Gasteiger partial charge >= 0.3 is 0 Å². The van der Waals surface area contributed by atoms with Gasteiger partial charge < -0.3 is 9.84 Å². The van der Waals surface area contributed by atoms with Crippen LogP contribution in [0.4, 0.5) is 0 Å². The lowest BCUT2D eigenvalue weighted by Crippen LogP contribution is -2.11. The number of aliphatic hydroxyl groups is 1. The monoisotopic (exact) mass is 258 g/mol. The summed E-state index contributed by atoms with van der Waals surface area (Å²) in [5, 5.41) is 25.4. The van der Waals surface area contributed by atoms with Crippen molar-refractivity contribution in [3.05, 3.63) is 41.2 Å². The molecule has 98 valence electrons. The van der Waals surface area contributed by atoms with Crippen molar-refractivity contribution in [1.29, 1.82) is 5.26 Å². The predicted octanol–water partition coefficient (Wildman–Crippen LogP) is 1.03. The zero-order valence-corrected chi connectivity index (χ0v) is 10.6. The smallest absolute Gasteiger partial charge is 0.189 e. The summed E-state index contributed by atoms with van der Waals surface area (Å²) in [5.74, 6) is 0.714. The molecule has 2 rings (SSSR count). The third-order valence-corrected chi connectivity index (χ3v) is 2.65. The molecule has 0 saturated heterocycles. The minimum absolute atomic E-state index is 0.0637. The van der Waals surface area contributed by atoms with Crippen LogP contribution in [-0.2, 0) is 13.2 Å². The second-order valence-corrected chi connectivity index (χ2v) is 4.05. The highest BCUT2D eigenvalue weighted by Crippen LogP contribution is 2.14. The van der Waals surface area contributed by atoms with Gasteiger partial charge in [0.2, 0.25) is 0 Å². The molecule has 0 spiro atoms. The molecule has 6 nitrogen and oxygen atoms in total. The molecule has 0 fully saturated rings. The zero-order valence-electron chi connectivity index (χ0n) is 10.6. The molecule has 0 amide bonds. The van der Waals surface area contributed by atoms with E-state index in [9.17, 15) is 0 Å². The van der Waals surface area contributed by atoms with E-state index < -0.39 is 0 Å². The van der Waals surface area contributed by atoms with E-state index in [1.54, 1.807) is 0 Å². The van der Waals surface area contributed by atoms with Crippen molar-refractivity contribution in [3.8, 4) is 11.8 Å². The normalized spacial score (nSPS) is 10.2. The highest BCUT2D eigenvalue weighted by atomic mass is 16.5. The fraction of sp³-hybridized carbons (Fsp3) is 0.308. The molecule has 19 heavy (non-hydrogen) atoms. The molecule has 0 saturated carbocycles. The van der Waals surface area contributed by atoms with Gasteiger partial charge in [0.25, 0.3) is 0 Å². The summed E-state index contributed by atoms with van der Waals surface area (Å²) in [6, 6.07) is 9.59. The van der Waals surface area contributed by atoms with Gasteiger partial charge in [-0.1, -0.05) is 22.9 Å². The van der Waals surface area contributed by atoms with Crippen molar-refractivity contribution in [1.82, 2.24) is 15.0 Å². The largest absolute Gasteiger partial charge is 0.487 e. The van der Waals surface area contributed by atoms with Gasteiger partial charge in [0, 0.05) is 0 Å². The zero-order chi connectivity index (χ0) is 13.7. The fourth-order valence-corrected chi connectivity index (χ4v) is 1.62. The van der Waals surface area contributed by atoms with Crippen LogP contribution in [0, 0.1) is 18.3 Å². The molecule has 0 aliphatic rings. The van der Waals surface area contributed by atoms with Crippen LogP contribution in [0.2, 0.25) is 0 Å². The minimum atomic E-state index is -0.0637. The Morgan fingerprint density at radius 2 is 2.11 bits per heavy atom. The van der Waals surface area contributed by atoms with E-state index in [4.69, 9.17) is 15.1 Å². The van der Waals surface area contributed by atoms with E-state index in [1.165, 1.54) is 4.68 Å². The number of ether oxygens (including phenoxy) is 1. The molecule has 0 bridgehead atoms. The number of benzene rings is 1. The number of aromatic nitrogens is 3. The predicted molar refractivity (Wildman–Crippen MR) is 67.3 cm³/mol. The molecule has 0 aliphatic heterocycles. The molecule has 0 radical (unpaired) electrons. The van der Waals surface area contributed by atoms with E-state index in [-0.39, 0.29) is 18.9 Å². The Bertz CT molecular complexity index is 584. The molecule has 1 aromatic heterocycles. The third kappa shape index (κ3) is 3.09. The minimum Gasteiger partial charge on any atom is -0.487 e. The quantitative estimate of drug-likeness (QED) is 0.865. The Morgan fingerprint density at radius 1 is 1.37 bits per heavy atom. The summed E-state index contributed by atoms with van der Waals surface area (Å²) in [7, 11) is 0. The van der Waals surface area contributed by atoms with Crippen molar-refractivity contribution >= 4 is 0 Å². The van der Waals surface area contributed by atoms with Crippen molar-refractivity contribution in [2.75, 3.05) is 6.61 Å². The molecule has 0 aliphatic carbocycles. The molecule has 0 atom stereocenters. The Hall–Kier alpha value is -2.39. The van der Waals surface area contributed by atoms with Crippen LogP contribution in [0.3, 0.4) is 0 Å². The molecule has 0 unspecified atom stereocenters. The van der Waals surface area contributed by atoms with Gasteiger partial charge in [0.15, 0.2) is 5.69 Å². The highest BCUT2D eigenvalue weighted by Gasteiger charge is 2.12. The molecule has 1 aromatic carbocycles. The molecule has 1 N–H and O–H groups in total. The van der Waals surface area contributed by atoms with E-state index in [0.29, 0.717) is 18.0 Å². The SMILES string of the molecule is Cc1ccc(OCc2c(C#N)nnn2CCO)cc1. The van der Waals surface area contributed by atoms with Gasteiger partial charge in [0.05, 0.1) is 13.2 Å². The lowest BCUT2D eigenvalue weighted by molar-refractivity contribution is 0.252. The van der Waals surface area contributed by atoms with Crippen LogP contribution >= 0.6 is 0 Å². The van der Waals surface area contributed by atoms with Crippen LogP contribution in [0.1, 0.15) is 17.0 Å². The second-order valence-electron chi connectivity index (χ2n) is 4.05. The van der Waals surface area contributed by atoms with Gasteiger partial charge in [0.1, 0.15) is 24.1 Å².